The second-order valence-corrected chi connectivity index (χ2v) is 8.99. The van der Waals surface area contributed by atoms with Crippen LogP contribution >= 0.6 is 15.9 Å². The summed E-state index contributed by atoms with van der Waals surface area (Å²) in [7, 11) is 3.75. The third kappa shape index (κ3) is 8.12. The zero-order valence-corrected chi connectivity index (χ0v) is 25.8. The molecule has 0 fully saturated rings. The van der Waals surface area contributed by atoms with Gasteiger partial charge in [0, 0.05) is 44.3 Å². The molecule has 2 radical (unpaired) electrons. The average Bonchev–Trinajstić information content (AvgIpc) is 3.26. The van der Waals surface area contributed by atoms with Crippen LogP contribution in [0.4, 0.5) is 0 Å². The van der Waals surface area contributed by atoms with E-state index in [0.29, 0.717) is 16.0 Å². The van der Waals surface area contributed by atoms with Gasteiger partial charge < -0.3 is 0 Å². The molecule has 0 aromatic heterocycles. The van der Waals surface area contributed by atoms with E-state index in [9.17, 15) is 19.2 Å². The van der Waals surface area contributed by atoms with E-state index >= 15 is 0 Å². The van der Waals surface area contributed by atoms with Gasteiger partial charge in [0.25, 0.3) is 23.6 Å². The fourth-order valence-corrected chi connectivity index (χ4v) is 2.69. The Morgan fingerprint density at radius 3 is 1.43 bits per heavy atom. The number of rotatable bonds is 4. The number of carbonyl (C=O) groups is 4. The normalized spacial score (nSPS) is 15.1. The molecule has 8 nitrogen and oxygen atoms in total. The maximum atomic E-state index is 11.8. The molecule has 11 heteroatoms. The van der Waals surface area contributed by atoms with Gasteiger partial charge in [-0.2, -0.15) is 0 Å². The van der Waals surface area contributed by atoms with Gasteiger partial charge in [0.05, 0.1) is 28.4 Å². The minimum atomic E-state index is -0.657. The van der Waals surface area contributed by atoms with E-state index in [2.05, 4.69) is 38.2 Å². The van der Waals surface area contributed by atoms with Gasteiger partial charge in [-0.25, -0.2) is 0 Å². The Kier molecular flexibility index (Phi) is 13.7. The summed E-state index contributed by atoms with van der Waals surface area (Å²) < 4.78 is 5.25. The Balaban J connectivity index is 0.000000543. The molecule has 0 aliphatic carbocycles. The van der Waals surface area contributed by atoms with Crippen molar-refractivity contribution in [3.05, 3.63) is 70.8 Å². The van der Waals surface area contributed by atoms with Crippen molar-refractivity contribution in [2.75, 3.05) is 0 Å². The number of alkyl halides is 1. The van der Waals surface area contributed by atoms with Gasteiger partial charge in [0.2, 0.25) is 0 Å². The first-order valence-electron chi connectivity index (χ1n) is 11.2. The molecule has 0 spiro atoms. The molecular weight excluding hydrogens is 741 g/mol. The molecule has 0 bridgehead atoms. The van der Waals surface area contributed by atoms with Gasteiger partial charge in [-0.05, 0) is 45.4 Å². The van der Waals surface area contributed by atoms with Gasteiger partial charge in [-0.1, -0.05) is 61.0 Å². The van der Waals surface area contributed by atoms with Crippen LogP contribution in [0, 0.1) is 31.1 Å². The number of halogens is 1. The number of imide groups is 2. The van der Waals surface area contributed by atoms with Crippen molar-refractivity contribution in [1.82, 2.24) is 10.1 Å². The molecule has 2 unspecified atom stereocenters. The zero-order chi connectivity index (χ0) is 26.7. The number of amides is 4. The van der Waals surface area contributed by atoms with Crippen molar-refractivity contribution in [2.24, 2.45) is 0 Å². The summed E-state index contributed by atoms with van der Waals surface area (Å²) in [5.74, 6) is -2.06. The fourth-order valence-electron chi connectivity index (χ4n) is 2.69. The van der Waals surface area contributed by atoms with Crippen molar-refractivity contribution in [1.29, 1.82) is 1.34 Å². The zero-order valence-electron chi connectivity index (χ0n) is 21.0. The number of benzene rings is 2. The first kappa shape index (κ1) is 31.3. The van der Waals surface area contributed by atoms with Crippen LogP contribution in [0.1, 0.15) is 82.0 Å². The summed E-state index contributed by atoms with van der Waals surface area (Å²) in [6.07, 6.45) is 1.81. The van der Waals surface area contributed by atoms with Crippen LogP contribution in [0.5, 0.6) is 0 Å². The third-order valence-electron chi connectivity index (χ3n) is 4.95. The van der Waals surface area contributed by atoms with Crippen LogP contribution < -0.4 is 0 Å². The van der Waals surface area contributed by atoms with Gasteiger partial charge in [0.15, 0.2) is 0 Å². The summed E-state index contributed by atoms with van der Waals surface area (Å²) >= 11 is 3.37. The van der Waals surface area contributed by atoms with Gasteiger partial charge in [-0.3, -0.25) is 29.2 Å². The Labute approximate surface area is 240 Å². The smallest absolute Gasteiger partial charge is 0.278 e. The van der Waals surface area contributed by atoms with Crippen molar-refractivity contribution >= 4 is 47.9 Å². The Bertz CT molecular complexity index is 989. The number of hydrogen-bond donors (Lipinski definition) is 1. The molecule has 0 saturated carbocycles. The van der Waals surface area contributed by atoms with Crippen LogP contribution in [-0.4, -0.2) is 59.6 Å². The van der Waals surface area contributed by atoms with E-state index in [1.807, 2.05) is 13.8 Å². The summed E-state index contributed by atoms with van der Waals surface area (Å²) in [6.45, 7) is 8.05. The van der Waals surface area contributed by atoms with E-state index in [1.165, 1.54) is 18.6 Å². The second kappa shape index (κ2) is 15.4. The molecule has 2 aliphatic rings. The molecule has 4 amide bonds. The second-order valence-electron chi connectivity index (χ2n) is 7.43. The molecule has 2 atom stereocenters. The number of nitrogens with zero attached hydrogens (tertiary/aromatic N) is 2. The van der Waals surface area contributed by atoms with E-state index in [-0.39, 0.29) is 65.2 Å². The molecule has 2 aromatic carbocycles. The predicted molar refractivity (Wildman–Crippen MR) is 132 cm³/mol. The van der Waals surface area contributed by atoms with Crippen molar-refractivity contribution in [3.63, 3.8) is 0 Å². The molecule has 184 valence electrons. The molecule has 2 heterocycles. The SMILES string of the molecule is CCC(C)Br.CCC(C)ON1C(=O)c2ccccc2C1=O.O=C1c2ccccc2C(=O)N1O.[2H][B].[U]. The molecule has 2 aromatic rings. The first-order chi connectivity index (χ1) is 16.6. The van der Waals surface area contributed by atoms with Gasteiger partial charge in [-0.15, -0.1) is 10.1 Å². The number of fused-ring (bicyclic) bond motifs is 2. The largest absolute Gasteiger partial charge is 0.285 e. The fraction of sp³-hybridized carbons (Fsp3) is 0.333. The van der Waals surface area contributed by atoms with Crippen molar-refractivity contribution in [2.45, 2.75) is 51.5 Å². The average molecular weight is 770 g/mol. The molecular formula is C24H28BBrN2O6U. The van der Waals surface area contributed by atoms with Crippen LogP contribution in [0.2, 0.25) is 0 Å². The van der Waals surface area contributed by atoms with Crippen LogP contribution in [0.15, 0.2) is 48.5 Å². The quantitative estimate of drug-likeness (QED) is 0.217. The molecule has 4 rings (SSSR count). The molecule has 0 saturated heterocycles. The Hall–Kier alpha value is -1.76. The van der Waals surface area contributed by atoms with Crippen molar-refractivity contribution < 1.29 is 60.3 Å². The van der Waals surface area contributed by atoms with Gasteiger partial charge >= 0.3 is 0 Å². The predicted octanol–water partition coefficient (Wildman–Crippen LogP) is 4.22. The number of hydroxylamine groups is 4. The maximum absolute atomic E-state index is 11.8. The van der Waals surface area contributed by atoms with E-state index in [1.54, 1.807) is 36.4 Å². The maximum Gasteiger partial charge on any atom is 0.285 e. The number of carbonyl (C=O) groups excluding carboxylic acids is 4. The van der Waals surface area contributed by atoms with Crippen LogP contribution in [0.3, 0.4) is 0 Å². The minimum absolute atomic E-state index is 0. The third-order valence-corrected chi connectivity index (χ3v) is 5.60. The van der Waals surface area contributed by atoms with E-state index in [0.717, 1.165) is 11.5 Å². The molecule has 35 heavy (non-hydrogen) atoms. The Morgan fingerprint density at radius 1 is 0.829 bits per heavy atom. The van der Waals surface area contributed by atoms with E-state index < -0.39 is 11.8 Å². The monoisotopic (exact) mass is 769 g/mol. The summed E-state index contributed by atoms with van der Waals surface area (Å²) in [6, 6.07) is 13.0. The molecule has 2 aliphatic heterocycles. The topological polar surface area (TPSA) is 104 Å². The standard InChI is InChI=1S/C12H13NO3.C8H5NO3.C4H9Br.BH.U/c1-3-8(2)16-13-11(14)9-6-4-5-7-10(9)12(13)15;10-7-5-3-1-2-4-6(5)8(11)9(7)12;1-3-4(2)5;;/h4-8H,3H2,1-2H3;1-4,12H;4H,3H2,1-2H3;1H;/i;;;1D;. The first-order valence-corrected chi connectivity index (χ1v) is 11.5. The summed E-state index contributed by atoms with van der Waals surface area (Å²) in [4.78, 5) is 51.8. The molecule has 1 N–H and O–H groups in total. The van der Waals surface area contributed by atoms with Gasteiger partial charge in [0.1, 0.15) is 0 Å². The summed E-state index contributed by atoms with van der Waals surface area (Å²) in [5, 5.41) is 9.91. The minimum Gasteiger partial charge on any atom is -0.278 e. The van der Waals surface area contributed by atoms with E-state index in [4.69, 9.17) is 11.4 Å². The van der Waals surface area contributed by atoms with Crippen LogP contribution in [0.25, 0.3) is 0 Å². The van der Waals surface area contributed by atoms with Crippen LogP contribution in [-0.2, 0) is 4.84 Å². The Morgan fingerprint density at radius 2 is 1.14 bits per heavy atom. The summed E-state index contributed by atoms with van der Waals surface area (Å²) in [5.41, 5.74) is 1.33. The number of hydrogen-bond acceptors (Lipinski definition) is 6. The van der Waals surface area contributed by atoms with Crippen molar-refractivity contribution in [3.8, 4) is 0 Å².